The first-order valence-corrected chi connectivity index (χ1v) is 10.1. The van der Waals surface area contributed by atoms with Crippen molar-refractivity contribution in [2.45, 2.75) is 12.0 Å². The molecule has 1 unspecified atom stereocenters. The number of amides is 1. The topological polar surface area (TPSA) is 29.5 Å². The quantitative estimate of drug-likeness (QED) is 0.617. The van der Waals surface area contributed by atoms with E-state index in [0.717, 1.165) is 34.7 Å². The maximum absolute atomic E-state index is 12.9. The van der Waals surface area contributed by atoms with E-state index in [1.807, 2.05) is 65.6 Å². The number of carbonyl (C=O) groups excluding carboxylic acids is 1. The van der Waals surface area contributed by atoms with Crippen LogP contribution in [0.15, 0.2) is 84.9 Å². The van der Waals surface area contributed by atoms with Crippen molar-refractivity contribution in [1.82, 2.24) is 4.90 Å². The van der Waals surface area contributed by atoms with Gasteiger partial charge in [0.25, 0.3) is 5.91 Å². The van der Waals surface area contributed by atoms with E-state index in [2.05, 4.69) is 24.3 Å². The molecule has 0 radical (unpaired) electrons. The van der Waals surface area contributed by atoms with Gasteiger partial charge in [-0.1, -0.05) is 60.7 Å². The maximum atomic E-state index is 12.9. The minimum absolute atomic E-state index is 0.0259. The van der Waals surface area contributed by atoms with Crippen LogP contribution in [-0.4, -0.2) is 23.1 Å². The number of hydrogen-bond acceptors (Lipinski definition) is 3. The van der Waals surface area contributed by atoms with E-state index in [4.69, 9.17) is 4.74 Å². The summed E-state index contributed by atoms with van der Waals surface area (Å²) in [4.78, 5) is 14.9. The molecule has 1 heterocycles. The normalized spacial score (nSPS) is 16.3. The second-order valence-electron chi connectivity index (χ2n) is 6.43. The van der Waals surface area contributed by atoms with E-state index in [1.54, 1.807) is 11.8 Å². The molecular weight excluding hydrogens is 354 g/mol. The molecule has 4 heteroatoms. The molecule has 136 valence electrons. The van der Waals surface area contributed by atoms with Crippen molar-refractivity contribution in [3.63, 3.8) is 0 Å². The van der Waals surface area contributed by atoms with Crippen molar-refractivity contribution in [2.75, 3.05) is 12.3 Å². The van der Waals surface area contributed by atoms with Gasteiger partial charge in [-0.15, -0.1) is 11.8 Å². The zero-order valence-corrected chi connectivity index (χ0v) is 15.8. The van der Waals surface area contributed by atoms with Crippen LogP contribution >= 0.6 is 11.8 Å². The Balaban J connectivity index is 1.49. The molecule has 0 spiro atoms. The number of nitrogens with zero attached hydrogens (tertiary/aromatic N) is 1. The molecule has 3 aromatic rings. The van der Waals surface area contributed by atoms with Crippen molar-refractivity contribution < 1.29 is 9.53 Å². The predicted molar refractivity (Wildman–Crippen MR) is 110 cm³/mol. The van der Waals surface area contributed by atoms with Crippen LogP contribution in [0.5, 0.6) is 5.75 Å². The Morgan fingerprint density at radius 1 is 0.963 bits per heavy atom. The van der Waals surface area contributed by atoms with Gasteiger partial charge in [0.2, 0.25) is 0 Å². The molecule has 1 amide bonds. The van der Waals surface area contributed by atoms with Gasteiger partial charge in [0.1, 0.15) is 17.7 Å². The Bertz CT molecular complexity index is 899. The average Bonchev–Trinajstić information content (AvgIpc) is 3.23. The van der Waals surface area contributed by atoms with Crippen LogP contribution in [0.4, 0.5) is 0 Å². The highest BCUT2D eigenvalue weighted by Crippen LogP contribution is 2.39. The van der Waals surface area contributed by atoms with Gasteiger partial charge in [0.05, 0.1) is 0 Å². The summed E-state index contributed by atoms with van der Waals surface area (Å²) in [6.45, 7) is 1.30. The lowest BCUT2D eigenvalue weighted by Gasteiger charge is -2.24. The second-order valence-corrected chi connectivity index (χ2v) is 7.62. The van der Waals surface area contributed by atoms with Crippen molar-refractivity contribution in [3.8, 4) is 5.75 Å². The standard InChI is InChI=1S/C23H21NO2S/c25-22(19-10-5-2-6-11-19)24-14-15-27-23(24)20-12-7-13-21(16-20)26-17-18-8-3-1-4-9-18/h1-13,16,23H,14-15,17H2. The largest absolute Gasteiger partial charge is 0.489 e. The van der Waals surface area contributed by atoms with Gasteiger partial charge < -0.3 is 9.64 Å². The molecule has 3 nitrogen and oxygen atoms in total. The van der Waals surface area contributed by atoms with Gasteiger partial charge in [-0.2, -0.15) is 0 Å². The fourth-order valence-electron chi connectivity index (χ4n) is 3.20. The molecule has 1 aliphatic heterocycles. The lowest BCUT2D eigenvalue weighted by molar-refractivity contribution is 0.0760. The molecule has 1 saturated heterocycles. The molecule has 1 fully saturated rings. The van der Waals surface area contributed by atoms with Gasteiger partial charge in [-0.3, -0.25) is 4.79 Å². The lowest BCUT2D eigenvalue weighted by Crippen LogP contribution is -2.30. The van der Waals surface area contributed by atoms with E-state index in [-0.39, 0.29) is 11.3 Å². The number of carbonyl (C=O) groups is 1. The summed E-state index contributed by atoms with van der Waals surface area (Å²) >= 11 is 1.80. The minimum Gasteiger partial charge on any atom is -0.489 e. The molecule has 0 saturated carbocycles. The van der Waals surface area contributed by atoms with Gasteiger partial charge in [0.15, 0.2) is 0 Å². The van der Waals surface area contributed by atoms with Crippen LogP contribution in [0.1, 0.15) is 26.9 Å². The van der Waals surface area contributed by atoms with Crippen LogP contribution in [0.3, 0.4) is 0 Å². The summed E-state index contributed by atoms with van der Waals surface area (Å²) in [5, 5.41) is 0.0259. The van der Waals surface area contributed by atoms with Gasteiger partial charge >= 0.3 is 0 Å². The van der Waals surface area contributed by atoms with Crippen molar-refractivity contribution in [1.29, 1.82) is 0 Å². The van der Waals surface area contributed by atoms with Gasteiger partial charge in [0, 0.05) is 17.9 Å². The van der Waals surface area contributed by atoms with Crippen LogP contribution in [-0.2, 0) is 6.61 Å². The zero-order valence-electron chi connectivity index (χ0n) is 15.0. The van der Waals surface area contributed by atoms with E-state index in [1.165, 1.54) is 0 Å². The van der Waals surface area contributed by atoms with Crippen molar-refractivity contribution >= 4 is 17.7 Å². The number of ether oxygens (including phenoxy) is 1. The molecule has 1 atom stereocenters. The predicted octanol–water partition coefficient (Wildman–Crippen LogP) is 5.15. The molecule has 0 bridgehead atoms. The molecule has 0 aliphatic carbocycles. The van der Waals surface area contributed by atoms with E-state index in [0.29, 0.717) is 6.61 Å². The van der Waals surface area contributed by atoms with E-state index < -0.39 is 0 Å². The highest BCUT2D eigenvalue weighted by atomic mass is 32.2. The number of thioether (sulfide) groups is 1. The first kappa shape index (κ1) is 17.7. The Kier molecular flexibility index (Phi) is 5.45. The monoisotopic (exact) mass is 375 g/mol. The molecule has 27 heavy (non-hydrogen) atoms. The Morgan fingerprint density at radius 3 is 2.48 bits per heavy atom. The Morgan fingerprint density at radius 2 is 1.70 bits per heavy atom. The van der Waals surface area contributed by atoms with Crippen LogP contribution < -0.4 is 4.74 Å². The summed E-state index contributed by atoms with van der Waals surface area (Å²) in [5.41, 5.74) is 2.98. The summed E-state index contributed by atoms with van der Waals surface area (Å²) in [6, 6.07) is 27.7. The van der Waals surface area contributed by atoms with E-state index >= 15 is 0 Å². The summed E-state index contributed by atoms with van der Waals surface area (Å²) < 4.78 is 5.96. The number of rotatable bonds is 5. The average molecular weight is 375 g/mol. The molecule has 1 aliphatic rings. The Hall–Kier alpha value is -2.72. The third kappa shape index (κ3) is 4.17. The summed E-state index contributed by atoms with van der Waals surface area (Å²) in [5.74, 6) is 1.86. The molecule has 4 rings (SSSR count). The van der Waals surface area contributed by atoms with Crippen LogP contribution in [0, 0.1) is 0 Å². The second kappa shape index (κ2) is 8.31. The highest BCUT2D eigenvalue weighted by Gasteiger charge is 2.31. The molecular formula is C23H21NO2S. The molecule has 0 N–H and O–H groups in total. The number of benzene rings is 3. The first-order valence-electron chi connectivity index (χ1n) is 9.05. The maximum Gasteiger partial charge on any atom is 0.255 e. The van der Waals surface area contributed by atoms with Crippen molar-refractivity contribution in [2.24, 2.45) is 0 Å². The first-order chi connectivity index (χ1) is 13.3. The smallest absolute Gasteiger partial charge is 0.255 e. The fraction of sp³-hybridized carbons (Fsp3) is 0.174. The van der Waals surface area contributed by atoms with Gasteiger partial charge in [-0.25, -0.2) is 0 Å². The van der Waals surface area contributed by atoms with Crippen LogP contribution in [0.2, 0.25) is 0 Å². The minimum atomic E-state index is 0.0259. The zero-order chi connectivity index (χ0) is 18.5. The summed E-state index contributed by atoms with van der Waals surface area (Å²) in [6.07, 6.45) is 0. The fourth-order valence-corrected chi connectivity index (χ4v) is 4.45. The molecule has 0 aromatic heterocycles. The SMILES string of the molecule is O=C(c1ccccc1)N1CCSC1c1cccc(OCc2ccccc2)c1. The third-order valence-corrected chi connectivity index (χ3v) is 5.82. The van der Waals surface area contributed by atoms with Crippen LogP contribution in [0.25, 0.3) is 0 Å². The highest BCUT2D eigenvalue weighted by molar-refractivity contribution is 7.99. The Labute approximate surface area is 164 Å². The van der Waals surface area contributed by atoms with E-state index in [9.17, 15) is 4.79 Å². The lowest BCUT2D eigenvalue weighted by atomic mass is 10.1. The van der Waals surface area contributed by atoms with Gasteiger partial charge in [-0.05, 0) is 35.4 Å². The number of hydrogen-bond donors (Lipinski definition) is 0. The third-order valence-electron chi connectivity index (χ3n) is 4.56. The van der Waals surface area contributed by atoms with Crippen molar-refractivity contribution in [3.05, 3.63) is 102 Å². The summed E-state index contributed by atoms with van der Waals surface area (Å²) in [7, 11) is 0. The molecule has 3 aromatic carbocycles.